The van der Waals surface area contributed by atoms with Gasteiger partial charge in [0.1, 0.15) is 6.04 Å². The van der Waals surface area contributed by atoms with E-state index in [1.54, 1.807) is 11.8 Å². The van der Waals surface area contributed by atoms with E-state index >= 15 is 0 Å². The van der Waals surface area contributed by atoms with Gasteiger partial charge in [-0.2, -0.15) is 11.8 Å². The van der Waals surface area contributed by atoms with E-state index in [1.165, 1.54) is 10.5 Å². The van der Waals surface area contributed by atoms with E-state index in [9.17, 15) is 14.7 Å². The zero-order chi connectivity index (χ0) is 15.2. The number of amides is 1. The minimum Gasteiger partial charge on any atom is -0.480 e. The molecule has 21 heavy (non-hydrogen) atoms. The number of unbranched alkanes of at least 4 members (excludes halogenated alkanes) is 1. The summed E-state index contributed by atoms with van der Waals surface area (Å²) in [6.07, 6.45) is 3.30. The number of thioether (sulfide) groups is 1. The lowest BCUT2D eigenvalue weighted by atomic mass is 10.1. The van der Waals surface area contributed by atoms with Gasteiger partial charge in [-0.1, -0.05) is 25.5 Å². The van der Waals surface area contributed by atoms with Crippen molar-refractivity contribution in [2.24, 2.45) is 0 Å². The van der Waals surface area contributed by atoms with Crippen LogP contribution in [0, 0.1) is 0 Å². The number of benzene rings is 1. The Morgan fingerprint density at radius 1 is 1.33 bits per heavy atom. The van der Waals surface area contributed by atoms with Gasteiger partial charge in [0.15, 0.2) is 0 Å². The normalized spacial score (nSPS) is 18.5. The zero-order valence-electron chi connectivity index (χ0n) is 12.2. The molecule has 1 aromatic carbocycles. The zero-order valence-corrected chi connectivity index (χ0v) is 13.1. The van der Waals surface area contributed by atoms with Gasteiger partial charge in [0.25, 0.3) is 5.91 Å². The summed E-state index contributed by atoms with van der Waals surface area (Å²) in [6, 6.07) is 6.85. The number of aryl methyl sites for hydroxylation is 1. The smallest absolute Gasteiger partial charge is 0.327 e. The van der Waals surface area contributed by atoms with E-state index in [0.717, 1.165) is 25.0 Å². The summed E-state index contributed by atoms with van der Waals surface area (Å²) >= 11 is 1.58. The number of rotatable bonds is 5. The van der Waals surface area contributed by atoms with E-state index in [0.29, 0.717) is 17.9 Å². The molecule has 0 aliphatic carbocycles. The maximum atomic E-state index is 12.5. The van der Waals surface area contributed by atoms with Gasteiger partial charge in [-0.05, 0) is 30.5 Å². The van der Waals surface area contributed by atoms with Crippen molar-refractivity contribution in [3.63, 3.8) is 0 Å². The number of hydrogen-bond acceptors (Lipinski definition) is 3. The van der Waals surface area contributed by atoms with E-state index in [1.807, 2.05) is 24.3 Å². The topological polar surface area (TPSA) is 57.6 Å². The molecule has 1 saturated heterocycles. The highest BCUT2D eigenvalue weighted by Crippen LogP contribution is 2.20. The summed E-state index contributed by atoms with van der Waals surface area (Å²) in [5.74, 6) is 0.166. The molecule has 0 spiro atoms. The van der Waals surface area contributed by atoms with Crippen molar-refractivity contribution in [2.75, 3.05) is 18.1 Å². The number of carbonyl (C=O) groups excluding carboxylic acids is 1. The van der Waals surface area contributed by atoms with Crippen LogP contribution in [-0.4, -0.2) is 46.0 Å². The fourth-order valence-electron chi connectivity index (χ4n) is 2.41. The Bertz CT molecular complexity index is 501. The number of nitrogens with zero attached hydrogens (tertiary/aromatic N) is 1. The van der Waals surface area contributed by atoms with Gasteiger partial charge >= 0.3 is 5.97 Å². The Morgan fingerprint density at radius 3 is 2.67 bits per heavy atom. The van der Waals surface area contributed by atoms with Crippen molar-refractivity contribution in [3.05, 3.63) is 35.4 Å². The van der Waals surface area contributed by atoms with Gasteiger partial charge in [0.2, 0.25) is 0 Å². The molecular formula is C16H21NO3S. The maximum Gasteiger partial charge on any atom is 0.327 e. The molecule has 1 aromatic rings. The molecule has 2 rings (SSSR count). The highest BCUT2D eigenvalue weighted by Gasteiger charge is 2.32. The quantitative estimate of drug-likeness (QED) is 0.908. The maximum absolute atomic E-state index is 12.5. The third-order valence-corrected chi connectivity index (χ3v) is 4.72. The molecule has 4 nitrogen and oxygen atoms in total. The molecule has 0 saturated carbocycles. The Balaban J connectivity index is 2.09. The number of carbonyl (C=O) groups is 2. The van der Waals surface area contributed by atoms with Gasteiger partial charge in [-0.15, -0.1) is 0 Å². The first-order valence-electron chi connectivity index (χ1n) is 7.34. The van der Waals surface area contributed by atoms with Gasteiger partial charge in [-0.3, -0.25) is 4.79 Å². The first-order valence-corrected chi connectivity index (χ1v) is 8.49. The lowest BCUT2D eigenvalue weighted by molar-refractivity contribution is -0.141. The van der Waals surface area contributed by atoms with E-state index < -0.39 is 12.0 Å². The lowest BCUT2D eigenvalue weighted by Gasteiger charge is -2.32. The van der Waals surface area contributed by atoms with Crippen molar-refractivity contribution in [1.29, 1.82) is 0 Å². The summed E-state index contributed by atoms with van der Waals surface area (Å²) < 4.78 is 0. The third-order valence-electron chi connectivity index (χ3n) is 3.69. The summed E-state index contributed by atoms with van der Waals surface area (Å²) in [7, 11) is 0. The van der Waals surface area contributed by atoms with Gasteiger partial charge in [0, 0.05) is 23.6 Å². The minimum atomic E-state index is -0.921. The van der Waals surface area contributed by atoms with Crippen LogP contribution in [0.25, 0.3) is 0 Å². The molecule has 0 radical (unpaired) electrons. The lowest BCUT2D eigenvalue weighted by Crippen LogP contribution is -2.50. The third kappa shape index (κ3) is 4.00. The van der Waals surface area contributed by atoms with Crippen LogP contribution >= 0.6 is 11.8 Å². The molecule has 1 atom stereocenters. The number of carboxylic acids is 1. The Morgan fingerprint density at radius 2 is 2.05 bits per heavy atom. The van der Waals surface area contributed by atoms with Crippen LogP contribution in [0.3, 0.4) is 0 Å². The van der Waals surface area contributed by atoms with Gasteiger partial charge in [0.05, 0.1) is 0 Å². The molecule has 1 amide bonds. The van der Waals surface area contributed by atoms with Crippen molar-refractivity contribution in [2.45, 2.75) is 32.2 Å². The Hall–Kier alpha value is -1.49. The molecule has 0 bridgehead atoms. The Kier molecular flexibility index (Phi) is 5.67. The highest BCUT2D eigenvalue weighted by molar-refractivity contribution is 7.99. The SMILES string of the molecule is CCCCc1ccc(C(=O)N2CCSCC2C(=O)O)cc1. The van der Waals surface area contributed by atoms with Crippen molar-refractivity contribution in [3.8, 4) is 0 Å². The largest absolute Gasteiger partial charge is 0.480 e. The standard InChI is InChI=1S/C16H21NO3S/c1-2-3-4-12-5-7-13(8-6-12)15(18)17-9-10-21-11-14(17)16(19)20/h5-8,14H,2-4,9-11H2,1H3,(H,19,20). The second kappa shape index (κ2) is 7.50. The summed E-state index contributed by atoms with van der Waals surface area (Å²) in [5, 5.41) is 9.24. The minimum absolute atomic E-state index is 0.176. The van der Waals surface area contributed by atoms with Crippen LogP contribution in [-0.2, 0) is 11.2 Å². The predicted molar refractivity (Wildman–Crippen MR) is 84.8 cm³/mol. The molecule has 1 fully saturated rings. The molecule has 114 valence electrons. The number of aliphatic carboxylic acids is 1. The van der Waals surface area contributed by atoms with Gasteiger partial charge in [-0.25, -0.2) is 4.79 Å². The summed E-state index contributed by atoms with van der Waals surface area (Å²) in [5.41, 5.74) is 1.80. The molecule has 1 aliphatic heterocycles. The molecule has 1 heterocycles. The first-order chi connectivity index (χ1) is 10.1. The van der Waals surface area contributed by atoms with Crippen molar-refractivity contribution in [1.82, 2.24) is 4.90 Å². The molecular weight excluding hydrogens is 286 g/mol. The van der Waals surface area contributed by atoms with Crippen molar-refractivity contribution >= 4 is 23.6 Å². The molecule has 1 aliphatic rings. The molecule has 0 aromatic heterocycles. The fourth-order valence-corrected chi connectivity index (χ4v) is 3.45. The second-order valence-electron chi connectivity index (χ2n) is 5.23. The van der Waals surface area contributed by atoms with Gasteiger partial charge < -0.3 is 10.0 Å². The second-order valence-corrected chi connectivity index (χ2v) is 6.38. The number of hydrogen-bond donors (Lipinski definition) is 1. The average Bonchev–Trinajstić information content (AvgIpc) is 2.52. The average molecular weight is 307 g/mol. The summed E-state index contributed by atoms with van der Waals surface area (Å²) in [4.78, 5) is 25.2. The van der Waals surface area contributed by atoms with Crippen LogP contribution in [0.1, 0.15) is 35.7 Å². The van der Waals surface area contributed by atoms with Crippen LogP contribution in [0.5, 0.6) is 0 Å². The van der Waals surface area contributed by atoms with Crippen molar-refractivity contribution < 1.29 is 14.7 Å². The number of carboxylic acid groups (broad SMARTS) is 1. The van der Waals surface area contributed by atoms with Crippen LogP contribution in [0.4, 0.5) is 0 Å². The van der Waals surface area contributed by atoms with E-state index in [-0.39, 0.29) is 5.91 Å². The monoisotopic (exact) mass is 307 g/mol. The van der Waals surface area contributed by atoms with E-state index in [2.05, 4.69) is 6.92 Å². The Labute approximate surface area is 129 Å². The van der Waals surface area contributed by atoms with Crippen LogP contribution in [0.15, 0.2) is 24.3 Å². The van der Waals surface area contributed by atoms with E-state index in [4.69, 9.17) is 0 Å². The van der Waals surface area contributed by atoms with Crippen LogP contribution in [0.2, 0.25) is 0 Å². The molecule has 5 heteroatoms. The fraction of sp³-hybridized carbons (Fsp3) is 0.500. The molecule has 1 N–H and O–H groups in total. The first kappa shape index (κ1) is 15.9. The predicted octanol–water partition coefficient (Wildman–Crippen LogP) is 2.67. The van der Waals surface area contributed by atoms with Crippen LogP contribution < -0.4 is 0 Å². The summed E-state index contributed by atoms with van der Waals surface area (Å²) in [6.45, 7) is 2.65. The molecule has 1 unspecified atom stereocenters. The highest BCUT2D eigenvalue weighted by atomic mass is 32.2.